The number of nitrogens with zero attached hydrogens (tertiary/aromatic N) is 1. The summed E-state index contributed by atoms with van der Waals surface area (Å²) in [6.45, 7) is 2.37. The van der Waals surface area contributed by atoms with Gasteiger partial charge in [0.25, 0.3) is 5.91 Å². The molecular formula is C36H38N2O4Si. The SMILES string of the molecule is C[C@H](C[Si](c1ccccc1)(c1ccccc1)[C@H](Cc1ccccc1)NC(=O)c1ccccc1)C(=O)N1CCC[C@H]1C(=O)O. The second-order valence-corrected chi connectivity index (χ2v) is 15.6. The Balaban J connectivity index is 1.66. The summed E-state index contributed by atoms with van der Waals surface area (Å²) in [4.78, 5) is 41.4. The summed E-state index contributed by atoms with van der Waals surface area (Å²) in [5, 5.41) is 15.5. The number of amides is 2. The number of aliphatic carboxylic acids is 1. The van der Waals surface area contributed by atoms with Crippen LogP contribution in [0.25, 0.3) is 0 Å². The van der Waals surface area contributed by atoms with Crippen molar-refractivity contribution in [3.63, 3.8) is 0 Å². The lowest BCUT2D eigenvalue weighted by atomic mass is 10.1. The van der Waals surface area contributed by atoms with Gasteiger partial charge in [-0.2, -0.15) is 0 Å². The van der Waals surface area contributed by atoms with Crippen molar-refractivity contribution in [2.24, 2.45) is 5.92 Å². The first-order valence-electron chi connectivity index (χ1n) is 14.9. The minimum Gasteiger partial charge on any atom is -0.480 e. The minimum atomic E-state index is -3.01. The van der Waals surface area contributed by atoms with Gasteiger partial charge in [0.1, 0.15) is 14.1 Å². The van der Waals surface area contributed by atoms with Crippen LogP contribution in [0.1, 0.15) is 35.7 Å². The molecule has 6 nitrogen and oxygen atoms in total. The number of carbonyl (C=O) groups excluding carboxylic acids is 2. The maximum Gasteiger partial charge on any atom is 0.326 e. The first-order valence-corrected chi connectivity index (χ1v) is 17.2. The summed E-state index contributed by atoms with van der Waals surface area (Å²) in [7, 11) is -3.01. The predicted molar refractivity (Wildman–Crippen MR) is 172 cm³/mol. The summed E-state index contributed by atoms with van der Waals surface area (Å²) in [6, 6.07) is 39.6. The van der Waals surface area contributed by atoms with E-state index in [0.717, 1.165) is 15.9 Å². The first-order chi connectivity index (χ1) is 20.9. The Kier molecular flexibility index (Phi) is 9.52. The quantitative estimate of drug-likeness (QED) is 0.251. The van der Waals surface area contributed by atoms with E-state index in [1.807, 2.05) is 91.9 Å². The van der Waals surface area contributed by atoms with Gasteiger partial charge >= 0.3 is 5.97 Å². The zero-order chi connectivity index (χ0) is 30.2. The maximum atomic E-state index is 14.0. The minimum absolute atomic E-state index is 0.138. The number of hydrogen-bond donors (Lipinski definition) is 2. The van der Waals surface area contributed by atoms with Crippen molar-refractivity contribution in [1.29, 1.82) is 0 Å². The van der Waals surface area contributed by atoms with Crippen molar-refractivity contribution in [2.75, 3.05) is 6.54 Å². The lowest BCUT2D eigenvalue weighted by Gasteiger charge is -2.42. The van der Waals surface area contributed by atoms with Crippen LogP contribution in [0.3, 0.4) is 0 Å². The Labute approximate surface area is 254 Å². The largest absolute Gasteiger partial charge is 0.480 e. The van der Waals surface area contributed by atoms with Crippen LogP contribution in [0.2, 0.25) is 6.04 Å². The Morgan fingerprint density at radius 3 is 1.86 bits per heavy atom. The number of carboxylic acid groups (broad SMARTS) is 1. The molecule has 1 saturated heterocycles. The van der Waals surface area contributed by atoms with Crippen LogP contribution >= 0.6 is 0 Å². The van der Waals surface area contributed by atoms with Crippen LogP contribution in [0.5, 0.6) is 0 Å². The van der Waals surface area contributed by atoms with Gasteiger partial charge < -0.3 is 15.3 Å². The summed E-state index contributed by atoms with van der Waals surface area (Å²) in [5.74, 6) is -1.71. The molecule has 4 aromatic rings. The normalized spacial score (nSPS) is 16.3. The molecule has 220 valence electrons. The fourth-order valence-electron chi connectivity index (χ4n) is 6.59. The van der Waals surface area contributed by atoms with Crippen LogP contribution in [0, 0.1) is 5.92 Å². The number of carboxylic acids is 1. The molecule has 3 atom stereocenters. The fourth-order valence-corrected chi connectivity index (χ4v) is 12.2. The Hall–Kier alpha value is -4.49. The van der Waals surface area contributed by atoms with Gasteiger partial charge in [-0.15, -0.1) is 0 Å². The monoisotopic (exact) mass is 590 g/mol. The smallest absolute Gasteiger partial charge is 0.326 e. The van der Waals surface area contributed by atoms with Crippen LogP contribution in [-0.2, 0) is 16.0 Å². The lowest BCUT2D eigenvalue weighted by molar-refractivity contribution is -0.149. The lowest BCUT2D eigenvalue weighted by Crippen LogP contribution is -2.72. The molecular weight excluding hydrogens is 552 g/mol. The van der Waals surface area contributed by atoms with Gasteiger partial charge in [-0.1, -0.05) is 126 Å². The number of nitrogens with one attached hydrogen (secondary N) is 1. The van der Waals surface area contributed by atoms with E-state index in [9.17, 15) is 19.5 Å². The average Bonchev–Trinajstić information content (AvgIpc) is 3.55. The predicted octanol–water partition coefficient (Wildman–Crippen LogP) is 4.54. The van der Waals surface area contributed by atoms with Gasteiger partial charge in [-0.05, 0) is 43.0 Å². The number of rotatable bonds is 11. The molecule has 0 aliphatic carbocycles. The molecule has 43 heavy (non-hydrogen) atoms. The summed E-state index contributed by atoms with van der Waals surface area (Å²) < 4.78 is 0. The van der Waals surface area contributed by atoms with Gasteiger partial charge in [-0.3, -0.25) is 9.59 Å². The van der Waals surface area contributed by atoms with E-state index in [1.165, 1.54) is 0 Å². The molecule has 4 aromatic carbocycles. The Morgan fingerprint density at radius 1 is 0.814 bits per heavy atom. The third-order valence-corrected chi connectivity index (χ3v) is 14.2. The van der Waals surface area contributed by atoms with Crippen LogP contribution < -0.4 is 15.7 Å². The van der Waals surface area contributed by atoms with Gasteiger partial charge in [0, 0.05) is 23.7 Å². The van der Waals surface area contributed by atoms with Crippen molar-refractivity contribution in [1.82, 2.24) is 10.2 Å². The van der Waals surface area contributed by atoms with Gasteiger partial charge in [-0.25, -0.2) is 4.79 Å². The highest BCUT2D eigenvalue weighted by Crippen LogP contribution is 2.28. The molecule has 2 N–H and O–H groups in total. The standard InChI is InChI=1S/C36H38N2O4Si/c1-27(35(40)38-24-14-23-32(38)36(41)42)26-43(30-19-10-4-11-20-30,31-21-12-5-13-22-31)33(25-28-15-6-2-7-16-28)37-34(39)29-17-8-3-9-18-29/h2-13,15-22,27,32-33H,14,23-26H2,1H3,(H,37,39)(H,41,42)/t27-,32+,33-/m1/s1. The molecule has 1 aliphatic heterocycles. The third-order valence-electron chi connectivity index (χ3n) is 8.67. The highest BCUT2D eigenvalue weighted by atomic mass is 28.3. The van der Waals surface area contributed by atoms with Crippen LogP contribution in [0.15, 0.2) is 121 Å². The summed E-state index contributed by atoms with van der Waals surface area (Å²) in [6.07, 6.45) is 1.73. The highest BCUT2D eigenvalue weighted by molar-refractivity contribution is 7.03. The molecule has 0 aromatic heterocycles. The Bertz CT molecular complexity index is 1480. The van der Waals surface area contributed by atoms with Crippen molar-refractivity contribution < 1.29 is 19.5 Å². The zero-order valence-corrected chi connectivity index (χ0v) is 25.4. The van der Waals surface area contributed by atoms with E-state index < -0.39 is 26.0 Å². The van der Waals surface area contributed by atoms with E-state index in [-0.39, 0.29) is 17.5 Å². The van der Waals surface area contributed by atoms with Crippen molar-refractivity contribution in [3.05, 3.63) is 132 Å². The number of likely N-dealkylation sites (tertiary alicyclic amines) is 1. The summed E-state index contributed by atoms with van der Waals surface area (Å²) >= 11 is 0. The van der Waals surface area contributed by atoms with Crippen LogP contribution in [0.4, 0.5) is 0 Å². The molecule has 7 heteroatoms. The molecule has 0 spiro atoms. The van der Waals surface area contributed by atoms with E-state index in [1.54, 1.807) is 4.90 Å². The topological polar surface area (TPSA) is 86.7 Å². The van der Waals surface area contributed by atoms with Crippen molar-refractivity contribution >= 4 is 36.2 Å². The Morgan fingerprint density at radius 2 is 1.33 bits per heavy atom. The fraction of sp³-hybridized carbons (Fsp3) is 0.250. The van der Waals surface area contributed by atoms with Gasteiger partial charge in [0.15, 0.2) is 0 Å². The zero-order valence-electron chi connectivity index (χ0n) is 24.4. The highest BCUT2D eigenvalue weighted by Gasteiger charge is 2.48. The molecule has 0 radical (unpaired) electrons. The van der Waals surface area contributed by atoms with E-state index in [4.69, 9.17) is 0 Å². The molecule has 0 bridgehead atoms. The third kappa shape index (κ3) is 6.62. The number of benzene rings is 4. The van der Waals surface area contributed by atoms with Gasteiger partial charge in [0.2, 0.25) is 5.91 Å². The van der Waals surface area contributed by atoms with Crippen molar-refractivity contribution in [2.45, 2.75) is 43.9 Å². The molecule has 1 heterocycles. The molecule has 0 unspecified atom stereocenters. The second kappa shape index (κ2) is 13.7. The molecule has 1 fully saturated rings. The molecule has 0 saturated carbocycles. The summed E-state index contributed by atoms with van der Waals surface area (Å²) in [5.41, 5.74) is 1.36. The van der Waals surface area contributed by atoms with E-state index >= 15 is 0 Å². The van der Waals surface area contributed by atoms with Crippen molar-refractivity contribution in [3.8, 4) is 0 Å². The van der Waals surface area contributed by atoms with E-state index in [0.29, 0.717) is 37.4 Å². The number of carbonyl (C=O) groups is 3. The molecule has 1 aliphatic rings. The van der Waals surface area contributed by atoms with Gasteiger partial charge in [0.05, 0.1) is 0 Å². The van der Waals surface area contributed by atoms with Crippen LogP contribution in [-0.4, -0.2) is 54.1 Å². The second-order valence-electron chi connectivity index (χ2n) is 11.4. The maximum absolute atomic E-state index is 14.0. The molecule has 2 amide bonds. The first kappa shape index (κ1) is 30.0. The number of hydrogen-bond acceptors (Lipinski definition) is 3. The average molecular weight is 591 g/mol. The van der Waals surface area contributed by atoms with E-state index in [2.05, 4.69) is 41.7 Å². The molecule has 5 rings (SSSR count).